The highest BCUT2D eigenvalue weighted by Gasteiger charge is 2.19. The van der Waals surface area contributed by atoms with Crippen molar-refractivity contribution in [2.75, 3.05) is 17.3 Å². The largest absolute Gasteiger partial charge is 0.460 e. The van der Waals surface area contributed by atoms with Gasteiger partial charge in [-0.25, -0.2) is 9.78 Å². The molecule has 1 aromatic heterocycles. The monoisotopic (exact) mass is 402 g/mol. The van der Waals surface area contributed by atoms with Crippen molar-refractivity contribution in [2.24, 2.45) is 0 Å². The number of aromatic nitrogens is 2. The molecule has 0 saturated carbocycles. The molecule has 0 spiro atoms. The highest BCUT2D eigenvalue weighted by Crippen LogP contribution is 2.13. The smallest absolute Gasteiger partial charge is 0.376 e. The molecule has 138 valence electrons. The van der Waals surface area contributed by atoms with Gasteiger partial charge in [-0.1, -0.05) is 23.7 Å². The number of benzene rings is 2. The maximum absolute atomic E-state index is 12.8. The van der Waals surface area contributed by atoms with Crippen LogP contribution in [-0.2, 0) is 4.74 Å². The van der Waals surface area contributed by atoms with Crippen molar-refractivity contribution < 1.29 is 9.53 Å². The zero-order valence-electron chi connectivity index (χ0n) is 14.2. The fourth-order valence-electron chi connectivity index (χ4n) is 2.36. The first kappa shape index (κ1) is 18.8. The Morgan fingerprint density at radius 1 is 1.22 bits per heavy atom. The van der Waals surface area contributed by atoms with Crippen LogP contribution >= 0.6 is 23.8 Å². The van der Waals surface area contributed by atoms with Crippen molar-refractivity contribution in [3.8, 4) is 0 Å². The van der Waals surface area contributed by atoms with E-state index in [-0.39, 0.29) is 17.5 Å². The van der Waals surface area contributed by atoms with Gasteiger partial charge >= 0.3 is 5.97 Å². The molecule has 3 rings (SSSR count). The third kappa shape index (κ3) is 4.24. The summed E-state index contributed by atoms with van der Waals surface area (Å²) in [6.45, 7) is 1.82. The second-order valence-electron chi connectivity index (χ2n) is 5.39. The number of rotatable bonds is 4. The maximum atomic E-state index is 12.8. The molecule has 0 radical (unpaired) electrons. The molecule has 9 heteroatoms. The minimum atomic E-state index is -0.734. The number of halogens is 1. The summed E-state index contributed by atoms with van der Waals surface area (Å²) in [4.78, 5) is 29.4. The number of carbonyl (C=O) groups is 1. The number of anilines is 1. The molecule has 0 aliphatic rings. The number of thiocarbonyl (C=S) groups is 1. The van der Waals surface area contributed by atoms with Crippen LogP contribution in [0.15, 0.2) is 53.3 Å². The predicted octanol–water partition coefficient (Wildman–Crippen LogP) is 3.17. The fraction of sp³-hybridized carbons (Fsp3) is 0.111. The molecule has 0 aliphatic heterocycles. The molecule has 0 fully saturated rings. The molecule has 0 bridgehead atoms. The number of nitrogens with zero attached hydrogens (tertiary/aromatic N) is 2. The molecule has 0 unspecified atom stereocenters. The van der Waals surface area contributed by atoms with Crippen LogP contribution in [0, 0.1) is 0 Å². The van der Waals surface area contributed by atoms with Crippen molar-refractivity contribution in [3.05, 3.63) is 69.7 Å². The van der Waals surface area contributed by atoms with E-state index in [0.717, 1.165) is 4.68 Å². The molecule has 27 heavy (non-hydrogen) atoms. The van der Waals surface area contributed by atoms with Crippen LogP contribution in [0.1, 0.15) is 17.5 Å². The van der Waals surface area contributed by atoms with E-state index in [4.69, 9.17) is 28.6 Å². The lowest BCUT2D eigenvalue weighted by molar-refractivity contribution is 0.0507. The van der Waals surface area contributed by atoms with Crippen LogP contribution in [0.4, 0.5) is 5.69 Å². The summed E-state index contributed by atoms with van der Waals surface area (Å²) in [5.74, 6) is -0.928. The van der Waals surface area contributed by atoms with Gasteiger partial charge in [0.15, 0.2) is 5.11 Å². The third-order valence-electron chi connectivity index (χ3n) is 3.55. The number of fused-ring (bicyclic) bond motifs is 1. The quantitative estimate of drug-likeness (QED) is 0.512. The van der Waals surface area contributed by atoms with Gasteiger partial charge in [0, 0.05) is 10.7 Å². The van der Waals surface area contributed by atoms with Crippen LogP contribution in [0.3, 0.4) is 0 Å². The average Bonchev–Trinajstić information content (AvgIpc) is 2.66. The van der Waals surface area contributed by atoms with Gasteiger partial charge in [0.2, 0.25) is 5.82 Å². The molecule has 0 amide bonds. The summed E-state index contributed by atoms with van der Waals surface area (Å²) in [5, 5.41) is 3.93. The molecule has 0 aliphatic carbocycles. The van der Waals surface area contributed by atoms with E-state index in [0.29, 0.717) is 21.6 Å². The Hall–Kier alpha value is -2.97. The first-order valence-electron chi connectivity index (χ1n) is 8.02. The number of carbonyl (C=O) groups excluding carboxylic acids is 1. The lowest BCUT2D eigenvalue weighted by Gasteiger charge is -2.16. The second-order valence-corrected chi connectivity index (χ2v) is 6.23. The van der Waals surface area contributed by atoms with E-state index in [2.05, 4.69) is 15.7 Å². The van der Waals surface area contributed by atoms with Gasteiger partial charge in [-0.05, 0) is 55.5 Å². The average molecular weight is 403 g/mol. The summed E-state index contributed by atoms with van der Waals surface area (Å²) in [7, 11) is 0. The molecule has 1 heterocycles. The minimum Gasteiger partial charge on any atom is -0.460 e. The number of esters is 1. The Bertz CT molecular complexity index is 1070. The number of hydrogen-bond donors (Lipinski definition) is 2. The summed E-state index contributed by atoms with van der Waals surface area (Å²) >= 11 is 11.1. The molecule has 3 aromatic rings. The van der Waals surface area contributed by atoms with Crippen molar-refractivity contribution in [1.82, 2.24) is 9.66 Å². The van der Waals surface area contributed by atoms with Crippen LogP contribution in [0.2, 0.25) is 5.02 Å². The Kier molecular flexibility index (Phi) is 5.68. The van der Waals surface area contributed by atoms with Crippen molar-refractivity contribution in [3.63, 3.8) is 0 Å². The van der Waals surface area contributed by atoms with Crippen LogP contribution in [0.5, 0.6) is 0 Å². The van der Waals surface area contributed by atoms with Crippen LogP contribution in [0.25, 0.3) is 10.9 Å². The molecule has 0 saturated heterocycles. The molecule has 2 N–H and O–H groups in total. The van der Waals surface area contributed by atoms with E-state index in [1.807, 2.05) is 0 Å². The summed E-state index contributed by atoms with van der Waals surface area (Å²) < 4.78 is 5.98. The van der Waals surface area contributed by atoms with Crippen LogP contribution in [-0.4, -0.2) is 27.3 Å². The second kappa shape index (κ2) is 8.15. The maximum Gasteiger partial charge on any atom is 0.376 e. The van der Waals surface area contributed by atoms with E-state index >= 15 is 0 Å². The highest BCUT2D eigenvalue weighted by molar-refractivity contribution is 7.80. The van der Waals surface area contributed by atoms with Crippen LogP contribution < -0.4 is 16.3 Å². The van der Waals surface area contributed by atoms with E-state index in [1.165, 1.54) is 0 Å². The zero-order valence-corrected chi connectivity index (χ0v) is 15.8. The van der Waals surface area contributed by atoms with Gasteiger partial charge < -0.3 is 10.1 Å². The predicted molar refractivity (Wildman–Crippen MR) is 109 cm³/mol. The van der Waals surface area contributed by atoms with Gasteiger partial charge in [-0.15, -0.1) is 0 Å². The zero-order chi connectivity index (χ0) is 19.4. The Morgan fingerprint density at radius 2 is 1.93 bits per heavy atom. The SMILES string of the molecule is CCOC(=O)c1nc2ccccc2c(=O)n1NC(=S)Nc1ccc(Cl)cc1. The first-order chi connectivity index (χ1) is 13.0. The topological polar surface area (TPSA) is 85.2 Å². The number of nitrogens with one attached hydrogen (secondary N) is 2. The standard InChI is InChI=1S/C18H15ClN4O3S/c1-2-26-17(25)15-21-14-6-4-3-5-13(14)16(24)23(15)22-18(27)20-12-9-7-11(19)8-10-12/h3-10H,2H2,1H3,(H2,20,22,27). The van der Waals surface area contributed by atoms with E-state index in [1.54, 1.807) is 55.5 Å². The first-order valence-corrected chi connectivity index (χ1v) is 8.80. The molecule has 7 nitrogen and oxygen atoms in total. The van der Waals surface area contributed by atoms with Gasteiger partial charge in [-0.3, -0.25) is 10.2 Å². The summed E-state index contributed by atoms with van der Waals surface area (Å²) in [5.41, 5.74) is 3.29. The van der Waals surface area contributed by atoms with Gasteiger partial charge in [0.1, 0.15) is 0 Å². The Labute approximate surface area is 164 Å². The molecular weight excluding hydrogens is 388 g/mol. The summed E-state index contributed by atoms with van der Waals surface area (Å²) in [6.07, 6.45) is 0. The fourth-order valence-corrected chi connectivity index (χ4v) is 2.70. The molecule has 2 aromatic carbocycles. The van der Waals surface area contributed by atoms with Gasteiger partial charge in [0.05, 0.1) is 17.5 Å². The molecular formula is C18H15ClN4O3S. The van der Waals surface area contributed by atoms with Crippen molar-refractivity contribution in [2.45, 2.75) is 6.92 Å². The van der Waals surface area contributed by atoms with Gasteiger partial charge in [0.25, 0.3) is 5.56 Å². The third-order valence-corrected chi connectivity index (χ3v) is 3.99. The van der Waals surface area contributed by atoms with Crippen molar-refractivity contribution in [1.29, 1.82) is 0 Å². The normalized spacial score (nSPS) is 10.4. The number of para-hydroxylation sites is 1. The van der Waals surface area contributed by atoms with E-state index < -0.39 is 11.5 Å². The Balaban J connectivity index is 1.98. The Morgan fingerprint density at radius 3 is 2.63 bits per heavy atom. The van der Waals surface area contributed by atoms with Gasteiger partial charge in [-0.2, -0.15) is 4.68 Å². The lowest BCUT2D eigenvalue weighted by Crippen LogP contribution is -2.39. The minimum absolute atomic E-state index is 0.0991. The summed E-state index contributed by atoms with van der Waals surface area (Å²) in [6, 6.07) is 13.5. The number of hydrogen-bond acceptors (Lipinski definition) is 5. The lowest BCUT2D eigenvalue weighted by atomic mass is 10.2. The molecule has 0 atom stereocenters. The van der Waals surface area contributed by atoms with E-state index in [9.17, 15) is 9.59 Å². The highest BCUT2D eigenvalue weighted by atomic mass is 35.5. The number of ether oxygens (including phenoxy) is 1. The van der Waals surface area contributed by atoms with Crippen molar-refractivity contribution >= 4 is 51.5 Å².